The molecule has 1 aliphatic rings. The van der Waals surface area contributed by atoms with Crippen molar-refractivity contribution >= 4 is 29.1 Å². The summed E-state index contributed by atoms with van der Waals surface area (Å²) in [4.78, 5) is 27.4. The lowest BCUT2D eigenvalue weighted by molar-refractivity contribution is -0.140. The van der Waals surface area contributed by atoms with Crippen LogP contribution in [0.4, 0.5) is 0 Å². The SMILES string of the molecule is COCCCN1C(=O)C(=O)/C(=C(/O)c2cc(C)c(OC)cc2C)C1c1ccc(Cl)cc1. The first kappa shape index (κ1) is 22.8. The number of rotatable bonds is 7. The Morgan fingerprint density at radius 2 is 1.77 bits per heavy atom. The van der Waals surface area contributed by atoms with E-state index in [-0.39, 0.29) is 11.3 Å². The number of ether oxygens (including phenoxy) is 2. The van der Waals surface area contributed by atoms with Crippen LogP contribution >= 0.6 is 11.6 Å². The van der Waals surface area contributed by atoms with Gasteiger partial charge < -0.3 is 19.5 Å². The number of likely N-dealkylation sites (tertiary alicyclic amines) is 1. The van der Waals surface area contributed by atoms with Gasteiger partial charge >= 0.3 is 0 Å². The van der Waals surface area contributed by atoms with Gasteiger partial charge in [-0.1, -0.05) is 23.7 Å². The monoisotopic (exact) mass is 443 g/mol. The second-order valence-corrected chi connectivity index (χ2v) is 7.96. The Hall–Kier alpha value is -2.83. The molecule has 6 nitrogen and oxygen atoms in total. The van der Waals surface area contributed by atoms with Gasteiger partial charge in [-0.3, -0.25) is 9.59 Å². The number of ketones is 1. The Bertz CT molecular complexity index is 1030. The van der Waals surface area contributed by atoms with Crippen LogP contribution in [-0.4, -0.2) is 49.1 Å². The van der Waals surface area contributed by atoms with E-state index in [0.717, 1.165) is 11.1 Å². The average molecular weight is 444 g/mol. The molecule has 0 spiro atoms. The highest BCUT2D eigenvalue weighted by atomic mass is 35.5. The molecule has 164 valence electrons. The second-order valence-electron chi connectivity index (χ2n) is 7.53. The summed E-state index contributed by atoms with van der Waals surface area (Å²) in [6, 6.07) is 9.79. The van der Waals surface area contributed by atoms with Gasteiger partial charge in [-0.25, -0.2) is 0 Å². The number of aliphatic hydroxyl groups is 1. The summed E-state index contributed by atoms with van der Waals surface area (Å²) in [5, 5.41) is 11.8. The standard InChI is InChI=1S/C24H26ClNO5/c1-14-13-19(31-4)15(2)12-18(14)22(27)20-21(16-6-8-17(25)9-7-16)26(10-5-11-30-3)24(29)23(20)28/h6-9,12-13,21,27H,5,10-11H2,1-4H3/b22-20+. The first-order valence-electron chi connectivity index (χ1n) is 9.98. The molecule has 1 atom stereocenters. The topological polar surface area (TPSA) is 76.1 Å². The van der Waals surface area contributed by atoms with Crippen LogP contribution in [-0.2, 0) is 14.3 Å². The molecule has 1 heterocycles. The van der Waals surface area contributed by atoms with E-state index in [1.54, 1.807) is 50.6 Å². The fourth-order valence-electron chi connectivity index (χ4n) is 3.89. The van der Waals surface area contributed by atoms with Gasteiger partial charge in [0.05, 0.1) is 18.7 Å². The smallest absolute Gasteiger partial charge is 0.295 e. The Morgan fingerprint density at radius 3 is 2.39 bits per heavy atom. The lowest BCUT2D eigenvalue weighted by Crippen LogP contribution is -2.31. The van der Waals surface area contributed by atoms with E-state index >= 15 is 0 Å². The minimum Gasteiger partial charge on any atom is -0.507 e. The van der Waals surface area contributed by atoms with Crippen LogP contribution in [0.25, 0.3) is 5.76 Å². The van der Waals surface area contributed by atoms with Crippen molar-refractivity contribution in [3.63, 3.8) is 0 Å². The first-order valence-corrected chi connectivity index (χ1v) is 10.4. The minimum atomic E-state index is -0.712. The third-order valence-electron chi connectivity index (χ3n) is 5.47. The van der Waals surface area contributed by atoms with Crippen LogP contribution in [0.5, 0.6) is 5.75 Å². The molecule has 31 heavy (non-hydrogen) atoms. The number of halogens is 1. The van der Waals surface area contributed by atoms with Gasteiger partial charge in [-0.2, -0.15) is 0 Å². The summed E-state index contributed by atoms with van der Waals surface area (Å²) < 4.78 is 10.4. The second kappa shape index (κ2) is 9.54. The molecular weight excluding hydrogens is 418 g/mol. The normalized spacial score (nSPS) is 18.0. The van der Waals surface area contributed by atoms with Crippen LogP contribution in [0.3, 0.4) is 0 Å². The molecule has 1 unspecified atom stereocenters. The van der Waals surface area contributed by atoms with Crippen molar-refractivity contribution in [2.75, 3.05) is 27.4 Å². The summed E-state index contributed by atoms with van der Waals surface area (Å²) in [5.74, 6) is -0.859. The molecule has 3 rings (SSSR count). The average Bonchev–Trinajstić information content (AvgIpc) is 3.00. The van der Waals surface area contributed by atoms with E-state index in [9.17, 15) is 14.7 Å². The van der Waals surface area contributed by atoms with Crippen molar-refractivity contribution in [2.24, 2.45) is 0 Å². The van der Waals surface area contributed by atoms with Crippen molar-refractivity contribution < 1.29 is 24.2 Å². The van der Waals surface area contributed by atoms with E-state index in [1.807, 2.05) is 13.8 Å². The van der Waals surface area contributed by atoms with Gasteiger partial charge in [0, 0.05) is 30.8 Å². The number of methoxy groups -OCH3 is 2. The molecule has 1 aliphatic heterocycles. The van der Waals surface area contributed by atoms with Crippen molar-refractivity contribution in [1.29, 1.82) is 0 Å². The number of Topliss-reactive ketones (excluding diaryl/α,β-unsaturated/α-hetero) is 1. The summed E-state index contributed by atoms with van der Waals surface area (Å²) in [6.45, 7) is 4.45. The molecule has 1 N–H and O–H groups in total. The van der Waals surface area contributed by atoms with Crippen molar-refractivity contribution in [3.05, 3.63) is 69.2 Å². The molecule has 1 saturated heterocycles. The van der Waals surface area contributed by atoms with Crippen LogP contribution in [0.1, 0.15) is 34.7 Å². The predicted octanol–water partition coefficient (Wildman–Crippen LogP) is 4.42. The van der Waals surface area contributed by atoms with Gasteiger partial charge in [0.25, 0.3) is 11.7 Å². The third-order valence-corrected chi connectivity index (χ3v) is 5.72. The molecule has 2 aromatic carbocycles. The minimum absolute atomic E-state index is 0.0670. The highest BCUT2D eigenvalue weighted by Crippen LogP contribution is 2.40. The largest absolute Gasteiger partial charge is 0.507 e. The lowest BCUT2D eigenvalue weighted by Gasteiger charge is -2.25. The van der Waals surface area contributed by atoms with E-state index in [2.05, 4.69) is 0 Å². The maximum Gasteiger partial charge on any atom is 0.295 e. The zero-order chi connectivity index (χ0) is 22.7. The van der Waals surface area contributed by atoms with Crippen LogP contribution in [0.2, 0.25) is 5.02 Å². The van der Waals surface area contributed by atoms with Crippen LogP contribution < -0.4 is 4.74 Å². The molecule has 0 aromatic heterocycles. The van der Waals surface area contributed by atoms with E-state index in [0.29, 0.717) is 41.5 Å². The molecule has 7 heteroatoms. The van der Waals surface area contributed by atoms with Gasteiger partial charge in [0.15, 0.2) is 0 Å². The predicted molar refractivity (Wildman–Crippen MR) is 119 cm³/mol. The maximum absolute atomic E-state index is 13.0. The number of benzene rings is 2. The number of nitrogens with zero attached hydrogens (tertiary/aromatic N) is 1. The lowest BCUT2D eigenvalue weighted by atomic mass is 9.93. The third kappa shape index (κ3) is 4.45. The van der Waals surface area contributed by atoms with Gasteiger partial charge in [-0.05, 0) is 61.2 Å². The highest BCUT2D eigenvalue weighted by molar-refractivity contribution is 6.46. The molecule has 0 bridgehead atoms. The Labute approximate surface area is 187 Å². The fourth-order valence-corrected chi connectivity index (χ4v) is 4.02. The van der Waals surface area contributed by atoms with E-state index < -0.39 is 17.7 Å². The number of hydrogen-bond donors (Lipinski definition) is 1. The highest BCUT2D eigenvalue weighted by Gasteiger charge is 2.45. The van der Waals surface area contributed by atoms with Crippen molar-refractivity contribution in [1.82, 2.24) is 4.90 Å². The first-order chi connectivity index (χ1) is 14.8. The van der Waals surface area contributed by atoms with Crippen molar-refractivity contribution in [2.45, 2.75) is 26.3 Å². The number of hydrogen-bond acceptors (Lipinski definition) is 5. The van der Waals surface area contributed by atoms with Gasteiger partial charge in [-0.15, -0.1) is 0 Å². The zero-order valence-electron chi connectivity index (χ0n) is 18.1. The summed E-state index contributed by atoms with van der Waals surface area (Å²) in [5.41, 5.74) is 2.81. The molecule has 0 radical (unpaired) electrons. The van der Waals surface area contributed by atoms with E-state index in [1.165, 1.54) is 4.90 Å². The Balaban J connectivity index is 2.17. The Morgan fingerprint density at radius 1 is 1.10 bits per heavy atom. The zero-order valence-corrected chi connectivity index (χ0v) is 18.8. The number of aryl methyl sites for hydroxylation is 2. The molecular formula is C24H26ClNO5. The molecule has 2 aromatic rings. The molecule has 1 amide bonds. The van der Waals surface area contributed by atoms with Crippen LogP contribution in [0.15, 0.2) is 42.0 Å². The fraction of sp³-hybridized carbons (Fsp3) is 0.333. The number of carbonyl (C=O) groups excluding carboxylic acids is 2. The Kier molecular flexibility index (Phi) is 7.03. The van der Waals surface area contributed by atoms with Gasteiger partial charge in [0.2, 0.25) is 0 Å². The van der Waals surface area contributed by atoms with Crippen LogP contribution in [0, 0.1) is 13.8 Å². The van der Waals surface area contributed by atoms with Gasteiger partial charge in [0.1, 0.15) is 11.5 Å². The summed E-state index contributed by atoms with van der Waals surface area (Å²) in [7, 11) is 3.16. The number of aliphatic hydroxyl groups excluding tert-OH is 1. The molecule has 1 fully saturated rings. The quantitative estimate of drug-likeness (QED) is 0.296. The maximum atomic E-state index is 13.0. The molecule has 0 saturated carbocycles. The summed E-state index contributed by atoms with van der Waals surface area (Å²) in [6.07, 6.45) is 0.564. The number of carbonyl (C=O) groups is 2. The van der Waals surface area contributed by atoms with E-state index in [4.69, 9.17) is 21.1 Å². The molecule has 0 aliphatic carbocycles. The summed E-state index contributed by atoms with van der Waals surface area (Å²) >= 11 is 6.04. The van der Waals surface area contributed by atoms with Crippen molar-refractivity contribution in [3.8, 4) is 5.75 Å². The number of amides is 1.